The zero-order valence-electron chi connectivity index (χ0n) is 21.6. The summed E-state index contributed by atoms with van der Waals surface area (Å²) >= 11 is 6.35. The maximum Gasteiger partial charge on any atom is 0.411 e. The molecule has 0 spiro atoms. The fraction of sp³-hybridized carbons (Fsp3) is 0.464. The predicted molar refractivity (Wildman–Crippen MR) is 139 cm³/mol. The Labute approximate surface area is 221 Å². The summed E-state index contributed by atoms with van der Waals surface area (Å²) in [5.41, 5.74) is 2.16. The monoisotopic (exact) mass is 526 g/mol. The first-order valence-electron chi connectivity index (χ1n) is 12.7. The zero-order chi connectivity index (χ0) is 26.3. The molecular weight excluding hydrogens is 495 g/mol. The Balaban J connectivity index is 1.44. The summed E-state index contributed by atoms with van der Waals surface area (Å²) in [4.78, 5) is 14.6. The summed E-state index contributed by atoms with van der Waals surface area (Å²) in [6, 6.07) is 10.4. The van der Waals surface area contributed by atoms with Gasteiger partial charge < -0.3 is 9.47 Å². The van der Waals surface area contributed by atoms with Gasteiger partial charge in [-0.2, -0.15) is 0 Å². The van der Waals surface area contributed by atoms with Crippen LogP contribution in [0.1, 0.15) is 81.1 Å². The number of nitrogens with zero attached hydrogens (tertiary/aromatic N) is 4. The van der Waals surface area contributed by atoms with Gasteiger partial charge in [0.25, 0.3) is 0 Å². The number of carbonyl (C=O) groups is 1. The summed E-state index contributed by atoms with van der Waals surface area (Å²) in [7, 11) is 1.62. The van der Waals surface area contributed by atoms with E-state index in [4.69, 9.17) is 21.1 Å². The normalized spacial score (nSPS) is 19.6. The van der Waals surface area contributed by atoms with Crippen LogP contribution in [0.4, 0.5) is 9.18 Å². The van der Waals surface area contributed by atoms with Crippen molar-refractivity contribution in [2.45, 2.75) is 77.0 Å². The van der Waals surface area contributed by atoms with E-state index >= 15 is 0 Å². The average molecular weight is 527 g/mol. The first-order valence-corrected chi connectivity index (χ1v) is 13.0. The predicted octanol–water partition coefficient (Wildman–Crippen LogP) is 6.76. The third-order valence-electron chi connectivity index (χ3n) is 7.11. The van der Waals surface area contributed by atoms with E-state index in [0.717, 1.165) is 54.1 Å². The number of halogens is 2. The lowest BCUT2D eigenvalue weighted by atomic mass is 9.78. The molecule has 2 aromatic carbocycles. The van der Waals surface area contributed by atoms with Crippen molar-refractivity contribution in [3.8, 4) is 11.4 Å². The van der Waals surface area contributed by atoms with E-state index < -0.39 is 11.7 Å². The van der Waals surface area contributed by atoms with Gasteiger partial charge in [0.2, 0.25) is 0 Å². The Bertz CT molecular complexity index is 1310. The van der Waals surface area contributed by atoms with Crippen molar-refractivity contribution in [2.24, 2.45) is 0 Å². The second-order valence-electron chi connectivity index (χ2n) is 10.9. The molecule has 0 atom stereocenters. The molecule has 0 radical (unpaired) electrons. The molecule has 196 valence electrons. The first-order chi connectivity index (χ1) is 17.6. The lowest BCUT2D eigenvalue weighted by molar-refractivity contribution is 0.0214. The van der Waals surface area contributed by atoms with Gasteiger partial charge in [-0.1, -0.05) is 11.6 Å². The quantitative estimate of drug-likeness (QED) is 0.377. The van der Waals surface area contributed by atoms with E-state index in [9.17, 15) is 9.18 Å². The number of aromatic nitrogens is 3. The Hall–Kier alpha value is -3.13. The Morgan fingerprint density at radius 1 is 1.03 bits per heavy atom. The molecular formula is C28H32ClFN4O3. The van der Waals surface area contributed by atoms with Crippen molar-refractivity contribution >= 4 is 17.7 Å². The van der Waals surface area contributed by atoms with Crippen LogP contribution < -0.4 is 4.74 Å². The van der Waals surface area contributed by atoms with E-state index in [1.54, 1.807) is 24.1 Å². The molecule has 5 rings (SSSR count). The van der Waals surface area contributed by atoms with E-state index in [1.165, 1.54) is 6.07 Å². The number of hydrogen-bond donors (Lipinski definition) is 0. The van der Waals surface area contributed by atoms with Gasteiger partial charge in [-0.3, -0.25) is 9.47 Å². The molecule has 2 aliphatic rings. The molecule has 1 amide bonds. The molecule has 7 nitrogen and oxygen atoms in total. The number of carbonyl (C=O) groups excluding carboxylic acids is 1. The number of ether oxygens (including phenoxy) is 2. The lowest BCUT2D eigenvalue weighted by Gasteiger charge is -2.29. The smallest absolute Gasteiger partial charge is 0.411 e. The molecule has 1 fully saturated rings. The topological polar surface area (TPSA) is 69.5 Å². The summed E-state index contributed by atoms with van der Waals surface area (Å²) in [5.74, 6) is 2.47. The molecule has 0 unspecified atom stereocenters. The maximum absolute atomic E-state index is 14.0. The van der Waals surface area contributed by atoms with Crippen LogP contribution >= 0.6 is 11.6 Å². The van der Waals surface area contributed by atoms with Crippen LogP contribution in [0.25, 0.3) is 5.69 Å². The molecule has 0 N–H and O–H groups in total. The maximum atomic E-state index is 14.0. The highest BCUT2D eigenvalue weighted by Crippen LogP contribution is 2.44. The van der Waals surface area contributed by atoms with Crippen LogP contribution in [-0.4, -0.2) is 38.5 Å². The molecule has 2 heterocycles. The SMILES string of the molecule is COc1ccc(F)cc1C1CCC(c2nnc3n2-c2ccc(Cl)cc2CN(C(=O)OC(C)(C)C)C3)CC1. The van der Waals surface area contributed by atoms with Crippen molar-refractivity contribution in [1.82, 2.24) is 19.7 Å². The van der Waals surface area contributed by atoms with Crippen LogP contribution in [-0.2, 0) is 17.8 Å². The number of fused-ring (bicyclic) bond motifs is 3. The van der Waals surface area contributed by atoms with Gasteiger partial charge in [0.15, 0.2) is 5.82 Å². The summed E-state index contributed by atoms with van der Waals surface area (Å²) in [5, 5.41) is 9.74. The zero-order valence-corrected chi connectivity index (χ0v) is 22.4. The third kappa shape index (κ3) is 5.30. The molecule has 3 aromatic rings. The molecule has 0 saturated heterocycles. The molecule has 37 heavy (non-hydrogen) atoms. The minimum absolute atomic E-state index is 0.189. The fourth-order valence-electron chi connectivity index (χ4n) is 5.43. The fourth-order valence-corrected chi connectivity index (χ4v) is 5.63. The van der Waals surface area contributed by atoms with Crippen LogP contribution in [0, 0.1) is 5.82 Å². The standard InChI is InChI=1S/C28H32ClFN4O3/c1-28(2,3)37-27(35)33-15-19-13-20(29)9-11-23(19)34-25(16-33)31-32-26(34)18-7-5-17(6-8-18)22-14-21(30)10-12-24(22)36-4/h9-14,17-18H,5-8,15-16H2,1-4H3. The van der Waals surface area contributed by atoms with Gasteiger partial charge in [-0.15, -0.1) is 10.2 Å². The van der Waals surface area contributed by atoms with Crippen LogP contribution in [0.2, 0.25) is 5.02 Å². The molecule has 1 saturated carbocycles. The van der Waals surface area contributed by atoms with Gasteiger partial charge in [0.05, 0.1) is 25.9 Å². The highest BCUT2D eigenvalue weighted by molar-refractivity contribution is 6.30. The summed E-state index contributed by atoms with van der Waals surface area (Å²) < 4.78 is 27.2. The van der Waals surface area contributed by atoms with Gasteiger partial charge in [0, 0.05) is 16.5 Å². The number of methoxy groups -OCH3 is 1. The second kappa shape index (κ2) is 9.97. The summed E-state index contributed by atoms with van der Waals surface area (Å²) in [6.45, 7) is 6.20. The molecule has 1 aromatic heterocycles. The van der Waals surface area contributed by atoms with E-state index in [1.807, 2.05) is 39.0 Å². The second-order valence-corrected chi connectivity index (χ2v) is 11.3. The van der Waals surface area contributed by atoms with Crippen molar-refractivity contribution in [1.29, 1.82) is 0 Å². The number of hydrogen-bond acceptors (Lipinski definition) is 5. The van der Waals surface area contributed by atoms with Gasteiger partial charge >= 0.3 is 6.09 Å². The van der Waals surface area contributed by atoms with E-state index in [-0.39, 0.29) is 24.2 Å². The number of benzene rings is 2. The highest BCUT2D eigenvalue weighted by Gasteiger charge is 2.33. The van der Waals surface area contributed by atoms with Crippen molar-refractivity contribution in [3.63, 3.8) is 0 Å². The largest absolute Gasteiger partial charge is 0.496 e. The van der Waals surface area contributed by atoms with Gasteiger partial charge in [0.1, 0.15) is 23.0 Å². The lowest BCUT2D eigenvalue weighted by Crippen LogP contribution is -2.35. The highest BCUT2D eigenvalue weighted by atomic mass is 35.5. The first kappa shape index (κ1) is 25.5. The average Bonchev–Trinajstić information content (AvgIpc) is 3.18. The number of rotatable bonds is 3. The van der Waals surface area contributed by atoms with Gasteiger partial charge in [-0.05, 0) is 94.3 Å². The molecule has 1 aliphatic carbocycles. The Morgan fingerprint density at radius 2 is 1.76 bits per heavy atom. The summed E-state index contributed by atoms with van der Waals surface area (Å²) in [6.07, 6.45) is 3.16. The molecule has 1 aliphatic heterocycles. The number of amides is 1. The van der Waals surface area contributed by atoms with Crippen LogP contribution in [0.15, 0.2) is 36.4 Å². The van der Waals surface area contributed by atoms with Gasteiger partial charge in [-0.25, -0.2) is 9.18 Å². The third-order valence-corrected chi connectivity index (χ3v) is 7.34. The minimum atomic E-state index is -0.609. The van der Waals surface area contributed by atoms with E-state index in [0.29, 0.717) is 17.4 Å². The van der Waals surface area contributed by atoms with Crippen LogP contribution in [0.3, 0.4) is 0 Å². The molecule has 0 bridgehead atoms. The minimum Gasteiger partial charge on any atom is -0.496 e. The van der Waals surface area contributed by atoms with Crippen molar-refractivity contribution < 1.29 is 18.7 Å². The Morgan fingerprint density at radius 3 is 2.46 bits per heavy atom. The van der Waals surface area contributed by atoms with E-state index in [2.05, 4.69) is 14.8 Å². The van der Waals surface area contributed by atoms with Crippen LogP contribution in [0.5, 0.6) is 5.75 Å². The molecule has 9 heteroatoms. The van der Waals surface area contributed by atoms with Crippen molar-refractivity contribution in [3.05, 3.63) is 70.0 Å². The van der Waals surface area contributed by atoms with Crippen molar-refractivity contribution in [2.75, 3.05) is 7.11 Å². The Kier molecular flexibility index (Phi) is 6.88.